The molecule has 1 aromatic heterocycles. The maximum Gasteiger partial charge on any atom is 0.270 e. The third-order valence-corrected chi connectivity index (χ3v) is 2.68. The van der Waals surface area contributed by atoms with Crippen molar-refractivity contribution in [1.82, 2.24) is 10.3 Å². The standard InChI is InChI=1S/C11H14N2O2/c1-8-2-3-9(12-6-8)10(15)13-11(7-14)4-5-11/h2-3,6,14H,4-5,7H2,1H3,(H,13,15). The van der Waals surface area contributed by atoms with Gasteiger partial charge in [-0.05, 0) is 31.4 Å². The van der Waals surface area contributed by atoms with E-state index in [-0.39, 0.29) is 18.1 Å². The van der Waals surface area contributed by atoms with E-state index in [4.69, 9.17) is 5.11 Å². The highest BCUT2D eigenvalue weighted by Crippen LogP contribution is 2.34. The fourth-order valence-electron chi connectivity index (χ4n) is 1.38. The second-order valence-corrected chi connectivity index (χ2v) is 4.11. The highest BCUT2D eigenvalue weighted by atomic mass is 16.3. The lowest BCUT2D eigenvalue weighted by molar-refractivity contribution is 0.0901. The molecule has 1 amide bonds. The average Bonchev–Trinajstić information content (AvgIpc) is 2.99. The van der Waals surface area contributed by atoms with Gasteiger partial charge in [0.1, 0.15) is 5.69 Å². The maximum absolute atomic E-state index is 11.7. The van der Waals surface area contributed by atoms with Crippen LogP contribution in [0, 0.1) is 6.92 Å². The van der Waals surface area contributed by atoms with Gasteiger partial charge in [0.2, 0.25) is 0 Å². The van der Waals surface area contributed by atoms with E-state index in [1.807, 2.05) is 13.0 Å². The number of rotatable bonds is 3. The molecular weight excluding hydrogens is 192 g/mol. The molecule has 1 aliphatic rings. The zero-order valence-electron chi connectivity index (χ0n) is 8.66. The van der Waals surface area contributed by atoms with Crippen molar-refractivity contribution < 1.29 is 9.90 Å². The van der Waals surface area contributed by atoms with Gasteiger partial charge < -0.3 is 10.4 Å². The number of aliphatic hydroxyl groups is 1. The van der Waals surface area contributed by atoms with Crippen LogP contribution in [0.25, 0.3) is 0 Å². The van der Waals surface area contributed by atoms with Gasteiger partial charge in [-0.3, -0.25) is 9.78 Å². The molecule has 0 bridgehead atoms. The van der Waals surface area contributed by atoms with Crippen molar-refractivity contribution in [3.8, 4) is 0 Å². The molecule has 0 spiro atoms. The molecule has 1 fully saturated rings. The highest BCUT2D eigenvalue weighted by molar-refractivity contribution is 5.93. The predicted molar refractivity (Wildman–Crippen MR) is 55.5 cm³/mol. The molecule has 4 heteroatoms. The molecule has 1 heterocycles. The number of nitrogens with one attached hydrogen (secondary N) is 1. The molecule has 0 aromatic carbocycles. The van der Waals surface area contributed by atoms with E-state index < -0.39 is 0 Å². The summed E-state index contributed by atoms with van der Waals surface area (Å²) in [5.41, 5.74) is 1.05. The first-order valence-corrected chi connectivity index (χ1v) is 5.01. The Labute approximate surface area is 88.3 Å². The van der Waals surface area contributed by atoms with Crippen LogP contribution in [0.5, 0.6) is 0 Å². The molecule has 0 aliphatic heterocycles. The van der Waals surface area contributed by atoms with Crippen LogP contribution in [0.3, 0.4) is 0 Å². The number of aryl methyl sites for hydroxylation is 1. The zero-order valence-corrected chi connectivity index (χ0v) is 8.66. The summed E-state index contributed by atoms with van der Waals surface area (Å²) in [4.78, 5) is 15.7. The van der Waals surface area contributed by atoms with Crippen molar-refractivity contribution in [3.05, 3.63) is 29.6 Å². The molecular formula is C11H14N2O2. The molecule has 80 valence electrons. The third kappa shape index (κ3) is 2.15. The fourth-order valence-corrected chi connectivity index (χ4v) is 1.38. The van der Waals surface area contributed by atoms with Crippen molar-refractivity contribution >= 4 is 5.91 Å². The quantitative estimate of drug-likeness (QED) is 0.763. The van der Waals surface area contributed by atoms with Gasteiger partial charge in [0.15, 0.2) is 0 Å². The van der Waals surface area contributed by atoms with E-state index in [9.17, 15) is 4.79 Å². The van der Waals surface area contributed by atoms with Crippen molar-refractivity contribution in [3.63, 3.8) is 0 Å². The normalized spacial score (nSPS) is 17.2. The predicted octanol–water partition coefficient (Wildman–Crippen LogP) is 0.645. The Bertz CT molecular complexity index is 369. The number of nitrogens with zero attached hydrogens (tertiary/aromatic N) is 1. The van der Waals surface area contributed by atoms with Gasteiger partial charge in [-0.25, -0.2) is 0 Å². The third-order valence-electron chi connectivity index (χ3n) is 2.68. The number of amides is 1. The Morgan fingerprint density at radius 2 is 2.33 bits per heavy atom. The maximum atomic E-state index is 11.7. The largest absolute Gasteiger partial charge is 0.394 e. The molecule has 0 radical (unpaired) electrons. The van der Waals surface area contributed by atoms with Gasteiger partial charge in [0.05, 0.1) is 12.1 Å². The molecule has 1 aromatic rings. The summed E-state index contributed by atoms with van der Waals surface area (Å²) < 4.78 is 0. The second kappa shape index (κ2) is 3.62. The topological polar surface area (TPSA) is 62.2 Å². The fraction of sp³-hybridized carbons (Fsp3) is 0.455. The van der Waals surface area contributed by atoms with Gasteiger partial charge in [0, 0.05) is 6.20 Å². The molecule has 15 heavy (non-hydrogen) atoms. The zero-order chi connectivity index (χ0) is 10.9. The Kier molecular flexibility index (Phi) is 2.44. The van der Waals surface area contributed by atoms with Crippen LogP contribution in [0.2, 0.25) is 0 Å². The van der Waals surface area contributed by atoms with Gasteiger partial charge >= 0.3 is 0 Å². The molecule has 2 rings (SSSR count). The van der Waals surface area contributed by atoms with Crippen LogP contribution < -0.4 is 5.32 Å². The van der Waals surface area contributed by atoms with Gasteiger partial charge in [-0.15, -0.1) is 0 Å². The van der Waals surface area contributed by atoms with Crippen LogP contribution in [0.15, 0.2) is 18.3 Å². The van der Waals surface area contributed by atoms with Crippen molar-refractivity contribution in [2.24, 2.45) is 0 Å². The monoisotopic (exact) mass is 206 g/mol. The summed E-state index contributed by atoms with van der Waals surface area (Å²) in [6.45, 7) is 1.93. The lowest BCUT2D eigenvalue weighted by atomic mass is 10.2. The molecule has 2 N–H and O–H groups in total. The van der Waals surface area contributed by atoms with E-state index >= 15 is 0 Å². The van der Waals surface area contributed by atoms with E-state index in [0.717, 1.165) is 18.4 Å². The summed E-state index contributed by atoms with van der Waals surface area (Å²) in [5, 5.41) is 11.9. The van der Waals surface area contributed by atoms with Gasteiger partial charge in [0.25, 0.3) is 5.91 Å². The second-order valence-electron chi connectivity index (χ2n) is 4.11. The first-order chi connectivity index (χ1) is 7.15. The van der Waals surface area contributed by atoms with Gasteiger partial charge in [-0.2, -0.15) is 0 Å². The lowest BCUT2D eigenvalue weighted by Gasteiger charge is -2.13. The van der Waals surface area contributed by atoms with Crippen molar-refractivity contribution in [2.75, 3.05) is 6.61 Å². The summed E-state index contributed by atoms with van der Waals surface area (Å²) >= 11 is 0. The number of carbonyl (C=O) groups is 1. The molecule has 4 nitrogen and oxygen atoms in total. The summed E-state index contributed by atoms with van der Waals surface area (Å²) in [5.74, 6) is -0.207. The Balaban J connectivity index is 2.05. The Hall–Kier alpha value is -1.42. The summed E-state index contributed by atoms with van der Waals surface area (Å²) in [6, 6.07) is 3.54. The summed E-state index contributed by atoms with van der Waals surface area (Å²) in [6.07, 6.45) is 3.36. The average molecular weight is 206 g/mol. The first-order valence-electron chi connectivity index (χ1n) is 5.01. The highest BCUT2D eigenvalue weighted by Gasteiger charge is 2.43. The summed E-state index contributed by atoms with van der Waals surface area (Å²) in [7, 11) is 0. The lowest BCUT2D eigenvalue weighted by Crippen LogP contribution is -2.39. The number of aromatic nitrogens is 1. The number of aliphatic hydroxyl groups excluding tert-OH is 1. The van der Waals surface area contributed by atoms with Crippen molar-refractivity contribution in [1.29, 1.82) is 0 Å². The minimum atomic E-state index is -0.371. The molecule has 0 atom stereocenters. The number of hydrogen-bond acceptors (Lipinski definition) is 3. The molecule has 1 aliphatic carbocycles. The Morgan fingerprint density at radius 3 is 2.80 bits per heavy atom. The first kappa shape index (κ1) is 10.1. The number of pyridine rings is 1. The smallest absolute Gasteiger partial charge is 0.270 e. The number of carbonyl (C=O) groups excluding carboxylic acids is 1. The van der Waals surface area contributed by atoms with Crippen LogP contribution in [-0.4, -0.2) is 28.1 Å². The van der Waals surface area contributed by atoms with Crippen molar-refractivity contribution in [2.45, 2.75) is 25.3 Å². The molecule has 0 saturated heterocycles. The van der Waals surface area contributed by atoms with Crippen LogP contribution >= 0.6 is 0 Å². The minimum absolute atomic E-state index is 0.00456. The van der Waals surface area contributed by atoms with E-state index in [0.29, 0.717) is 5.69 Å². The Morgan fingerprint density at radius 1 is 1.60 bits per heavy atom. The number of hydrogen-bond donors (Lipinski definition) is 2. The minimum Gasteiger partial charge on any atom is -0.394 e. The molecule has 1 saturated carbocycles. The van der Waals surface area contributed by atoms with Crippen LogP contribution in [-0.2, 0) is 0 Å². The van der Waals surface area contributed by atoms with E-state index in [1.165, 1.54) is 0 Å². The van der Waals surface area contributed by atoms with E-state index in [1.54, 1.807) is 12.3 Å². The van der Waals surface area contributed by atoms with Crippen LogP contribution in [0.1, 0.15) is 28.9 Å². The van der Waals surface area contributed by atoms with E-state index in [2.05, 4.69) is 10.3 Å². The van der Waals surface area contributed by atoms with Gasteiger partial charge in [-0.1, -0.05) is 6.07 Å². The molecule has 0 unspecified atom stereocenters. The SMILES string of the molecule is Cc1ccc(C(=O)NC2(CO)CC2)nc1. The van der Waals surface area contributed by atoms with Crippen LogP contribution in [0.4, 0.5) is 0 Å².